The Kier molecular flexibility index (Phi) is 5.58. The molecule has 2 amide bonds. The monoisotopic (exact) mass is 442 g/mol. The molecule has 0 aliphatic carbocycles. The summed E-state index contributed by atoms with van der Waals surface area (Å²) in [5.74, 6) is -1.36. The Bertz CT molecular complexity index is 1040. The highest BCUT2D eigenvalue weighted by Crippen LogP contribution is 2.53. The molecule has 3 aliphatic rings. The zero-order chi connectivity index (χ0) is 21.0. The van der Waals surface area contributed by atoms with E-state index in [1.165, 1.54) is 11.0 Å². The third-order valence-corrected chi connectivity index (χ3v) is 6.82. The predicted octanol–water partition coefficient (Wildman–Crippen LogP) is -2.39. The van der Waals surface area contributed by atoms with Gasteiger partial charge >= 0.3 is 0 Å². The molecule has 0 saturated carbocycles. The Balaban J connectivity index is 0.00000231. The van der Waals surface area contributed by atoms with Crippen molar-refractivity contribution in [1.82, 2.24) is 9.80 Å². The first kappa shape index (κ1) is 21.5. The number of nitrogens with zero attached hydrogens (tertiary/aromatic N) is 2. The minimum absolute atomic E-state index is 0. The maximum absolute atomic E-state index is 14.2. The number of nitrogens with two attached hydrogens (primary N) is 2. The van der Waals surface area contributed by atoms with Crippen LogP contribution in [0.1, 0.15) is 35.6 Å². The standard InChI is InChI=1S/C23H23FN4O2.ClH/c24-16-5-2-1-4-15(16)12-28-22(29)18-17-6-3-11-27(17)20(19(18)23(28)30)13-7-9-14(10-8-13)21(25)26;/h1-2,4-5,7-10,17-20H,3,6,11-12H2,(H3,25,26);1H/t17?,18-,19-,20-;/m0./s1. The number of amidine groups is 1. The fourth-order valence-corrected chi connectivity index (χ4v) is 5.49. The van der Waals surface area contributed by atoms with Gasteiger partial charge in [-0.05, 0) is 43.1 Å². The van der Waals surface area contributed by atoms with Crippen LogP contribution in [0.4, 0.5) is 4.39 Å². The van der Waals surface area contributed by atoms with Gasteiger partial charge in [0.1, 0.15) is 5.82 Å². The maximum Gasteiger partial charge on any atom is 0.270 e. The van der Waals surface area contributed by atoms with E-state index in [0.717, 1.165) is 30.5 Å². The number of carbonyl (C=O) groups excluding carboxylic acids is 2. The molecule has 3 heterocycles. The van der Waals surface area contributed by atoms with Gasteiger partial charge in [0.15, 0.2) is 0 Å². The van der Waals surface area contributed by atoms with E-state index < -0.39 is 11.7 Å². The Hall–Kier alpha value is -2.77. The predicted molar refractivity (Wildman–Crippen MR) is 108 cm³/mol. The van der Waals surface area contributed by atoms with Gasteiger partial charge in [0, 0.05) is 17.6 Å². The third kappa shape index (κ3) is 3.32. The molecule has 0 spiro atoms. The summed E-state index contributed by atoms with van der Waals surface area (Å²) in [5, 5.41) is 5.68. The average molecular weight is 443 g/mol. The number of likely N-dealkylation sites (tertiary alicyclic amines) is 1. The van der Waals surface area contributed by atoms with Crippen LogP contribution in [-0.2, 0) is 16.1 Å². The first-order valence-corrected chi connectivity index (χ1v) is 10.3. The SMILES string of the molecule is NC(=[NH2+])c1ccc([C@H]2[C@H]3C(=O)N(Cc4ccccc4F)C(=O)[C@H]3C3CCCN32)cc1.[Cl-]. The molecule has 3 aliphatic heterocycles. The van der Waals surface area contributed by atoms with E-state index in [9.17, 15) is 14.0 Å². The molecule has 0 bridgehead atoms. The zero-order valence-electron chi connectivity index (χ0n) is 16.9. The van der Waals surface area contributed by atoms with Crippen molar-refractivity contribution in [2.24, 2.45) is 17.6 Å². The van der Waals surface area contributed by atoms with E-state index in [2.05, 4.69) is 4.90 Å². The fourth-order valence-electron chi connectivity index (χ4n) is 5.49. The summed E-state index contributed by atoms with van der Waals surface area (Å²) in [6, 6.07) is 13.7. The van der Waals surface area contributed by atoms with E-state index in [-0.39, 0.29) is 54.6 Å². The zero-order valence-corrected chi connectivity index (χ0v) is 17.6. The summed E-state index contributed by atoms with van der Waals surface area (Å²) in [6.07, 6.45) is 1.90. The second-order valence-corrected chi connectivity index (χ2v) is 8.38. The van der Waals surface area contributed by atoms with Crippen LogP contribution >= 0.6 is 0 Å². The first-order valence-electron chi connectivity index (χ1n) is 10.3. The quantitative estimate of drug-likeness (QED) is 0.314. The molecule has 0 aromatic heterocycles. The smallest absolute Gasteiger partial charge is 0.270 e. The van der Waals surface area contributed by atoms with E-state index in [1.54, 1.807) is 18.2 Å². The Morgan fingerprint density at radius 3 is 2.42 bits per heavy atom. The lowest BCUT2D eigenvalue weighted by Gasteiger charge is -2.29. The van der Waals surface area contributed by atoms with Crippen LogP contribution in [0.15, 0.2) is 48.5 Å². The van der Waals surface area contributed by atoms with Gasteiger partial charge in [-0.25, -0.2) is 4.39 Å². The molecule has 1 unspecified atom stereocenters. The molecule has 0 radical (unpaired) electrons. The maximum atomic E-state index is 14.2. The van der Waals surface area contributed by atoms with Crippen molar-refractivity contribution in [2.75, 3.05) is 6.54 Å². The fraction of sp³-hybridized carbons (Fsp3) is 0.348. The van der Waals surface area contributed by atoms with Crippen molar-refractivity contribution >= 4 is 17.6 Å². The highest BCUT2D eigenvalue weighted by atomic mass is 35.5. The van der Waals surface area contributed by atoms with Gasteiger partial charge in [0.2, 0.25) is 11.8 Å². The number of carbonyl (C=O) groups is 2. The lowest BCUT2D eigenvalue weighted by Crippen LogP contribution is -3.00. The summed E-state index contributed by atoms with van der Waals surface area (Å²) >= 11 is 0. The van der Waals surface area contributed by atoms with E-state index >= 15 is 0 Å². The minimum atomic E-state index is -0.445. The Morgan fingerprint density at radius 1 is 1.06 bits per heavy atom. The summed E-state index contributed by atoms with van der Waals surface area (Å²) in [5.41, 5.74) is 7.76. The molecule has 3 saturated heterocycles. The number of hydrogen-bond acceptors (Lipinski definition) is 3. The minimum Gasteiger partial charge on any atom is -1.00 e. The van der Waals surface area contributed by atoms with Crippen molar-refractivity contribution in [3.05, 3.63) is 71.0 Å². The number of imide groups is 1. The number of fused-ring (bicyclic) bond motifs is 3. The molecule has 31 heavy (non-hydrogen) atoms. The molecular formula is C23H24ClFN4O2. The first-order chi connectivity index (χ1) is 14.5. The highest BCUT2D eigenvalue weighted by Gasteiger charge is 2.62. The molecule has 162 valence electrons. The van der Waals surface area contributed by atoms with Crippen LogP contribution in [-0.4, -0.2) is 40.0 Å². The third-order valence-electron chi connectivity index (χ3n) is 6.82. The van der Waals surface area contributed by atoms with Gasteiger partial charge < -0.3 is 12.4 Å². The lowest BCUT2D eigenvalue weighted by atomic mass is 9.85. The largest absolute Gasteiger partial charge is 1.00 e. The van der Waals surface area contributed by atoms with Crippen molar-refractivity contribution in [1.29, 1.82) is 0 Å². The molecule has 4 atom stereocenters. The average Bonchev–Trinajstić information content (AvgIpc) is 3.38. The van der Waals surface area contributed by atoms with Gasteiger partial charge in [-0.3, -0.25) is 30.5 Å². The number of amides is 2. The van der Waals surface area contributed by atoms with Crippen LogP contribution in [0, 0.1) is 17.7 Å². The van der Waals surface area contributed by atoms with Gasteiger partial charge in [0.05, 0.1) is 23.9 Å². The molecule has 4 N–H and O–H groups in total. The van der Waals surface area contributed by atoms with Crippen LogP contribution < -0.4 is 23.5 Å². The van der Waals surface area contributed by atoms with Gasteiger partial charge in [-0.15, -0.1) is 0 Å². The lowest BCUT2D eigenvalue weighted by molar-refractivity contribution is -0.142. The van der Waals surface area contributed by atoms with E-state index in [0.29, 0.717) is 5.56 Å². The number of rotatable bonds is 4. The highest BCUT2D eigenvalue weighted by molar-refractivity contribution is 6.06. The molecule has 6 nitrogen and oxygen atoms in total. The molecule has 2 aromatic rings. The molecular weight excluding hydrogens is 419 g/mol. The van der Waals surface area contributed by atoms with Gasteiger partial charge in [-0.2, -0.15) is 0 Å². The summed E-state index contributed by atoms with van der Waals surface area (Å²) in [6.45, 7) is 0.845. The van der Waals surface area contributed by atoms with E-state index in [4.69, 9.17) is 11.1 Å². The molecule has 2 aromatic carbocycles. The number of halogens is 2. The van der Waals surface area contributed by atoms with E-state index in [1.807, 2.05) is 24.3 Å². The molecule has 8 heteroatoms. The van der Waals surface area contributed by atoms with Crippen molar-refractivity contribution < 1.29 is 31.8 Å². The van der Waals surface area contributed by atoms with Gasteiger partial charge in [-0.1, -0.05) is 30.3 Å². The summed E-state index contributed by atoms with van der Waals surface area (Å²) < 4.78 is 14.2. The van der Waals surface area contributed by atoms with Crippen LogP contribution in [0.3, 0.4) is 0 Å². The second kappa shape index (κ2) is 8.05. The normalized spacial score (nSPS) is 27.2. The van der Waals surface area contributed by atoms with Crippen LogP contribution in [0.2, 0.25) is 0 Å². The van der Waals surface area contributed by atoms with Crippen molar-refractivity contribution in [2.45, 2.75) is 31.5 Å². The molecule has 3 fully saturated rings. The van der Waals surface area contributed by atoms with Crippen molar-refractivity contribution in [3.63, 3.8) is 0 Å². The number of hydrogen-bond donors (Lipinski definition) is 2. The van der Waals surface area contributed by atoms with Crippen molar-refractivity contribution in [3.8, 4) is 0 Å². The topological polar surface area (TPSA) is 92.2 Å². The number of benzene rings is 2. The second-order valence-electron chi connectivity index (χ2n) is 8.38. The Labute approximate surface area is 186 Å². The van der Waals surface area contributed by atoms with Gasteiger partial charge in [0.25, 0.3) is 5.84 Å². The van der Waals surface area contributed by atoms with Crippen LogP contribution in [0.25, 0.3) is 0 Å². The molecule has 5 rings (SSSR count). The summed E-state index contributed by atoms with van der Waals surface area (Å²) in [4.78, 5) is 30.3. The summed E-state index contributed by atoms with van der Waals surface area (Å²) in [7, 11) is 0. The Morgan fingerprint density at radius 2 is 1.74 bits per heavy atom. The van der Waals surface area contributed by atoms with Crippen LogP contribution in [0.5, 0.6) is 0 Å².